The van der Waals surface area contributed by atoms with Crippen LogP contribution in [0.5, 0.6) is 0 Å². The van der Waals surface area contributed by atoms with Crippen molar-refractivity contribution in [1.29, 1.82) is 0 Å². The van der Waals surface area contributed by atoms with Crippen molar-refractivity contribution in [3.63, 3.8) is 0 Å². The summed E-state index contributed by atoms with van der Waals surface area (Å²) in [6, 6.07) is 0. The lowest BCUT2D eigenvalue weighted by molar-refractivity contribution is -0.171. The zero-order valence-corrected chi connectivity index (χ0v) is 11.9. The molecule has 0 aromatic rings. The molecule has 0 amide bonds. The largest absolute Gasteiger partial charge is 0.465 e. The summed E-state index contributed by atoms with van der Waals surface area (Å²) in [5.41, 5.74) is -0.0684. The van der Waals surface area contributed by atoms with Gasteiger partial charge in [-0.25, -0.2) is 0 Å². The van der Waals surface area contributed by atoms with E-state index in [1.165, 1.54) is 19.3 Å². The standard InChI is InChI=1S/C14H21BrO2/c15-2-1-3-17-13(16)14-7-10-4-11(8-14)6-12(5-10)9-14/h10-12H,1-9H2. The van der Waals surface area contributed by atoms with Gasteiger partial charge in [0.1, 0.15) is 0 Å². The lowest BCUT2D eigenvalue weighted by Crippen LogP contribution is -2.50. The Morgan fingerprint density at radius 2 is 1.65 bits per heavy atom. The van der Waals surface area contributed by atoms with Gasteiger partial charge in [-0.1, -0.05) is 15.9 Å². The third-order valence-corrected chi connectivity index (χ3v) is 5.54. The summed E-state index contributed by atoms with van der Waals surface area (Å²) in [6.45, 7) is 0.589. The zero-order chi connectivity index (χ0) is 11.9. The highest BCUT2D eigenvalue weighted by Crippen LogP contribution is 2.60. The number of hydrogen-bond acceptors (Lipinski definition) is 2. The number of rotatable bonds is 4. The van der Waals surface area contributed by atoms with Crippen LogP contribution < -0.4 is 0 Å². The molecule has 3 heteroatoms. The molecular weight excluding hydrogens is 280 g/mol. The molecule has 0 aromatic carbocycles. The highest BCUT2D eigenvalue weighted by Gasteiger charge is 2.55. The predicted molar refractivity (Wildman–Crippen MR) is 70.0 cm³/mol. The Morgan fingerprint density at radius 3 is 2.12 bits per heavy atom. The fraction of sp³-hybridized carbons (Fsp3) is 0.929. The maximum atomic E-state index is 12.3. The van der Waals surface area contributed by atoms with Crippen molar-refractivity contribution in [1.82, 2.24) is 0 Å². The molecule has 4 aliphatic rings. The molecule has 0 aliphatic heterocycles. The van der Waals surface area contributed by atoms with Crippen molar-refractivity contribution in [2.75, 3.05) is 11.9 Å². The topological polar surface area (TPSA) is 26.3 Å². The second-order valence-corrected chi connectivity index (χ2v) is 7.17. The molecule has 0 atom stereocenters. The van der Waals surface area contributed by atoms with Gasteiger partial charge >= 0.3 is 5.97 Å². The van der Waals surface area contributed by atoms with E-state index in [2.05, 4.69) is 15.9 Å². The van der Waals surface area contributed by atoms with E-state index in [0.717, 1.165) is 48.8 Å². The zero-order valence-electron chi connectivity index (χ0n) is 10.3. The molecular formula is C14H21BrO2. The molecule has 0 saturated heterocycles. The first-order chi connectivity index (χ1) is 8.22. The first-order valence-corrected chi connectivity index (χ1v) is 8.07. The highest BCUT2D eigenvalue weighted by atomic mass is 79.9. The average molecular weight is 301 g/mol. The molecule has 0 unspecified atom stereocenters. The number of hydrogen-bond donors (Lipinski definition) is 0. The van der Waals surface area contributed by atoms with E-state index in [9.17, 15) is 4.79 Å². The van der Waals surface area contributed by atoms with E-state index in [1.54, 1.807) is 0 Å². The lowest BCUT2D eigenvalue weighted by Gasteiger charge is -2.55. The fourth-order valence-corrected chi connectivity index (χ4v) is 4.96. The van der Waals surface area contributed by atoms with Crippen molar-refractivity contribution < 1.29 is 9.53 Å². The Hall–Kier alpha value is -0.0500. The van der Waals surface area contributed by atoms with Gasteiger partial charge in [0.2, 0.25) is 0 Å². The van der Waals surface area contributed by atoms with Crippen LogP contribution in [0.25, 0.3) is 0 Å². The molecule has 2 nitrogen and oxygen atoms in total. The van der Waals surface area contributed by atoms with Gasteiger partial charge in [-0.15, -0.1) is 0 Å². The molecule has 4 rings (SSSR count). The molecule has 4 aliphatic carbocycles. The van der Waals surface area contributed by atoms with Gasteiger partial charge < -0.3 is 4.74 Å². The number of ether oxygens (including phenoxy) is 1. The van der Waals surface area contributed by atoms with Gasteiger partial charge in [0.25, 0.3) is 0 Å². The third-order valence-electron chi connectivity index (χ3n) is 4.98. The molecule has 0 spiro atoms. The molecule has 0 radical (unpaired) electrons. The summed E-state index contributed by atoms with van der Waals surface area (Å²) in [6.07, 6.45) is 8.43. The smallest absolute Gasteiger partial charge is 0.312 e. The highest BCUT2D eigenvalue weighted by molar-refractivity contribution is 9.09. The summed E-state index contributed by atoms with van der Waals surface area (Å²) in [5.74, 6) is 2.59. The number of esters is 1. The monoisotopic (exact) mass is 300 g/mol. The van der Waals surface area contributed by atoms with Crippen molar-refractivity contribution in [3.05, 3.63) is 0 Å². The van der Waals surface area contributed by atoms with Crippen molar-refractivity contribution >= 4 is 21.9 Å². The third kappa shape index (κ3) is 2.16. The van der Waals surface area contributed by atoms with Gasteiger partial charge in [-0.3, -0.25) is 4.79 Å². The van der Waals surface area contributed by atoms with Crippen molar-refractivity contribution in [2.45, 2.75) is 44.9 Å². The van der Waals surface area contributed by atoms with Crippen LogP contribution in [-0.2, 0) is 9.53 Å². The van der Waals surface area contributed by atoms with Gasteiger partial charge in [-0.2, -0.15) is 0 Å². The van der Waals surface area contributed by atoms with Crippen LogP contribution in [0.2, 0.25) is 0 Å². The van der Waals surface area contributed by atoms with E-state index < -0.39 is 0 Å². The van der Waals surface area contributed by atoms with E-state index in [-0.39, 0.29) is 11.4 Å². The Labute approximate surface area is 112 Å². The SMILES string of the molecule is O=C(OCCCBr)C12CC3CC(CC(C3)C1)C2. The number of halogens is 1. The minimum atomic E-state index is -0.0684. The maximum Gasteiger partial charge on any atom is 0.312 e. The number of carbonyl (C=O) groups excluding carboxylic acids is 1. The Morgan fingerprint density at radius 1 is 1.12 bits per heavy atom. The fourth-order valence-electron chi connectivity index (χ4n) is 4.73. The minimum absolute atomic E-state index is 0.0684. The van der Waals surface area contributed by atoms with Gasteiger partial charge in [0.05, 0.1) is 12.0 Å². The normalized spacial score (nSPS) is 42.8. The van der Waals surface area contributed by atoms with Crippen LogP contribution in [0.4, 0.5) is 0 Å². The first kappa shape index (κ1) is 12.0. The van der Waals surface area contributed by atoms with Gasteiger partial charge in [0.15, 0.2) is 0 Å². The molecule has 0 N–H and O–H groups in total. The van der Waals surface area contributed by atoms with Crippen LogP contribution in [0, 0.1) is 23.2 Å². The molecule has 0 aromatic heterocycles. The van der Waals surface area contributed by atoms with E-state index >= 15 is 0 Å². The van der Waals surface area contributed by atoms with Crippen LogP contribution in [0.3, 0.4) is 0 Å². The van der Waals surface area contributed by atoms with Crippen molar-refractivity contribution in [3.8, 4) is 0 Å². The summed E-state index contributed by atoms with van der Waals surface area (Å²) in [7, 11) is 0. The van der Waals surface area contributed by atoms with Crippen LogP contribution >= 0.6 is 15.9 Å². The van der Waals surface area contributed by atoms with Gasteiger partial charge in [-0.05, 0) is 62.7 Å². The Bertz CT molecular complexity index is 278. The number of carbonyl (C=O) groups is 1. The van der Waals surface area contributed by atoms with Crippen LogP contribution in [0.1, 0.15) is 44.9 Å². The quantitative estimate of drug-likeness (QED) is 0.451. The van der Waals surface area contributed by atoms with Gasteiger partial charge in [0, 0.05) is 5.33 Å². The molecule has 0 heterocycles. The van der Waals surface area contributed by atoms with E-state index in [0.29, 0.717) is 6.61 Å². The average Bonchev–Trinajstić information content (AvgIpc) is 2.27. The number of alkyl halides is 1. The lowest BCUT2D eigenvalue weighted by atomic mass is 9.49. The Balaban J connectivity index is 1.67. The summed E-state index contributed by atoms with van der Waals surface area (Å²) >= 11 is 3.37. The molecule has 4 saturated carbocycles. The predicted octanol–water partition coefficient (Wildman–Crippen LogP) is 3.53. The van der Waals surface area contributed by atoms with E-state index in [4.69, 9.17) is 4.74 Å². The van der Waals surface area contributed by atoms with Crippen LogP contribution in [0.15, 0.2) is 0 Å². The first-order valence-electron chi connectivity index (χ1n) is 6.95. The summed E-state index contributed by atoms with van der Waals surface area (Å²) in [5, 5.41) is 0.918. The second-order valence-electron chi connectivity index (χ2n) is 6.38. The Kier molecular flexibility index (Phi) is 3.22. The van der Waals surface area contributed by atoms with E-state index in [1.807, 2.05) is 0 Å². The summed E-state index contributed by atoms with van der Waals surface area (Å²) in [4.78, 5) is 12.3. The molecule has 4 bridgehead atoms. The molecule has 17 heavy (non-hydrogen) atoms. The van der Waals surface area contributed by atoms with Crippen molar-refractivity contribution in [2.24, 2.45) is 23.2 Å². The minimum Gasteiger partial charge on any atom is -0.465 e. The molecule has 96 valence electrons. The summed E-state index contributed by atoms with van der Waals surface area (Å²) < 4.78 is 5.50. The van der Waals surface area contributed by atoms with Crippen LogP contribution in [-0.4, -0.2) is 17.9 Å². The molecule has 4 fully saturated rings. The second kappa shape index (κ2) is 4.56. The maximum absolute atomic E-state index is 12.3.